The Morgan fingerprint density at radius 2 is 2.00 bits per heavy atom. The molecule has 1 atom stereocenters. The molecule has 19 heavy (non-hydrogen) atoms. The van der Waals surface area contributed by atoms with Crippen LogP contribution >= 0.6 is 0 Å². The number of nitrogens with one attached hydrogen (secondary N) is 2. The highest BCUT2D eigenvalue weighted by Crippen LogP contribution is 2.08. The van der Waals surface area contributed by atoms with E-state index < -0.39 is 12.0 Å². The SMILES string of the molecule is CC(C)CNC(=O)C(C)Nc1ccc(C(=O)O)nc1. The monoisotopic (exact) mass is 265 g/mol. The highest BCUT2D eigenvalue weighted by Gasteiger charge is 2.13. The van der Waals surface area contributed by atoms with Crippen molar-refractivity contribution in [2.45, 2.75) is 26.8 Å². The Morgan fingerprint density at radius 1 is 1.32 bits per heavy atom. The lowest BCUT2D eigenvalue weighted by Crippen LogP contribution is -2.39. The number of aromatic nitrogens is 1. The highest BCUT2D eigenvalue weighted by atomic mass is 16.4. The van der Waals surface area contributed by atoms with Crippen molar-refractivity contribution in [3.63, 3.8) is 0 Å². The Labute approximate surface area is 112 Å². The van der Waals surface area contributed by atoms with Crippen molar-refractivity contribution in [1.82, 2.24) is 10.3 Å². The van der Waals surface area contributed by atoms with Crippen LogP contribution in [0.25, 0.3) is 0 Å². The molecule has 104 valence electrons. The fourth-order valence-electron chi connectivity index (χ4n) is 1.38. The zero-order valence-corrected chi connectivity index (χ0v) is 11.3. The Balaban J connectivity index is 2.54. The Kier molecular flexibility index (Phi) is 5.29. The van der Waals surface area contributed by atoms with Gasteiger partial charge in [0.05, 0.1) is 11.9 Å². The van der Waals surface area contributed by atoms with Crippen molar-refractivity contribution < 1.29 is 14.7 Å². The number of pyridine rings is 1. The smallest absolute Gasteiger partial charge is 0.354 e. The third-order valence-electron chi connectivity index (χ3n) is 2.44. The lowest BCUT2D eigenvalue weighted by Gasteiger charge is -2.16. The average Bonchev–Trinajstić information content (AvgIpc) is 2.36. The summed E-state index contributed by atoms with van der Waals surface area (Å²) in [4.78, 5) is 26.2. The largest absolute Gasteiger partial charge is 0.477 e. The first-order valence-electron chi connectivity index (χ1n) is 6.13. The zero-order chi connectivity index (χ0) is 14.4. The first-order valence-corrected chi connectivity index (χ1v) is 6.13. The summed E-state index contributed by atoms with van der Waals surface area (Å²) in [5, 5.41) is 14.5. The standard InChI is InChI=1S/C13H19N3O3/c1-8(2)6-15-12(17)9(3)16-10-4-5-11(13(18)19)14-7-10/h4-5,7-9,16H,6H2,1-3H3,(H,15,17)(H,18,19). The first-order chi connectivity index (χ1) is 8.90. The van der Waals surface area contributed by atoms with Crippen LogP contribution in [0.4, 0.5) is 5.69 Å². The topological polar surface area (TPSA) is 91.3 Å². The van der Waals surface area contributed by atoms with Gasteiger partial charge >= 0.3 is 5.97 Å². The third-order valence-corrected chi connectivity index (χ3v) is 2.44. The third kappa shape index (κ3) is 4.95. The van der Waals surface area contributed by atoms with E-state index in [1.165, 1.54) is 12.3 Å². The number of carboxylic acid groups (broad SMARTS) is 1. The minimum absolute atomic E-state index is 0.0255. The van der Waals surface area contributed by atoms with Crippen molar-refractivity contribution in [2.75, 3.05) is 11.9 Å². The Hall–Kier alpha value is -2.11. The Morgan fingerprint density at radius 3 is 2.47 bits per heavy atom. The molecule has 1 aromatic rings. The molecule has 0 saturated heterocycles. The minimum atomic E-state index is -1.07. The van der Waals surface area contributed by atoms with Crippen LogP contribution < -0.4 is 10.6 Å². The van der Waals surface area contributed by atoms with Gasteiger partial charge in [0.25, 0.3) is 0 Å². The molecule has 0 aromatic carbocycles. The molecule has 1 rings (SSSR count). The maximum atomic E-state index is 11.7. The lowest BCUT2D eigenvalue weighted by molar-refractivity contribution is -0.121. The average molecular weight is 265 g/mol. The summed E-state index contributed by atoms with van der Waals surface area (Å²) in [6, 6.07) is 2.57. The number of amides is 1. The van der Waals surface area contributed by atoms with Crippen LogP contribution in [0, 0.1) is 5.92 Å². The lowest BCUT2D eigenvalue weighted by atomic mass is 10.2. The number of carbonyl (C=O) groups is 2. The second-order valence-corrected chi connectivity index (χ2v) is 4.74. The molecule has 6 heteroatoms. The number of anilines is 1. The van der Waals surface area contributed by atoms with E-state index in [0.29, 0.717) is 18.2 Å². The molecular formula is C13H19N3O3. The molecule has 0 fully saturated rings. The van der Waals surface area contributed by atoms with Gasteiger partial charge in [-0.05, 0) is 25.0 Å². The summed E-state index contributed by atoms with van der Waals surface area (Å²) in [5.74, 6) is -0.780. The number of carbonyl (C=O) groups excluding carboxylic acids is 1. The highest BCUT2D eigenvalue weighted by molar-refractivity contribution is 5.86. The number of carboxylic acids is 1. The van der Waals surface area contributed by atoms with E-state index in [0.717, 1.165) is 0 Å². The van der Waals surface area contributed by atoms with E-state index in [4.69, 9.17) is 5.11 Å². The van der Waals surface area contributed by atoms with Crippen LogP contribution in [0.1, 0.15) is 31.3 Å². The Bertz CT molecular complexity index is 443. The van der Waals surface area contributed by atoms with E-state index >= 15 is 0 Å². The fraction of sp³-hybridized carbons (Fsp3) is 0.462. The molecule has 0 aliphatic heterocycles. The summed E-state index contributed by atoms with van der Waals surface area (Å²) < 4.78 is 0. The van der Waals surface area contributed by atoms with Crippen LogP contribution in [-0.2, 0) is 4.79 Å². The van der Waals surface area contributed by atoms with Crippen molar-refractivity contribution in [1.29, 1.82) is 0 Å². The zero-order valence-electron chi connectivity index (χ0n) is 11.3. The van der Waals surface area contributed by atoms with Gasteiger partial charge in [-0.15, -0.1) is 0 Å². The van der Waals surface area contributed by atoms with Crippen LogP contribution in [-0.4, -0.2) is 34.6 Å². The molecule has 1 unspecified atom stereocenters. The molecule has 6 nitrogen and oxygen atoms in total. The van der Waals surface area contributed by atoms with Gasteiger partial charge < -0.3 is 15.7 Å². The molecule has 0 aliphatic rings. The van der Waals surface area contributed by atoms with Crippen LogP contribution in [0.5, 0.6) is 0 Å². The van der Waals surface area contributed by atoms with Crippen LogP contribution in [0.15, 0.2) is 18.3 Å². The predicted octanol–water partition coefficient (Wildman–Crippen LogP) is 1.35. The summed E-state index contributed by atoms with van der Waals surface area (Å²) >= 11 is 0. The van der Waals surface area contributed by atoms with Gasteiger partial charge in [0.15, 0.2) is 0 Å². The second kappa shape index (κ2) is 6.72. The number of rotatable bonds is 6. The number of nitrogens with zero attached hydrogens (tertiary/aromatic N) is 1. The van der Waals surface area contributed by atoms with Crippen molar-refractivity contribution in [3.05, 3.63) is 24.0 Å². The molecule has 0 bridgehead atoms. The van der Waals surface area contributed by atoms with Gasteiger partial charge in [-0.3, -0.25) is 4.79 Å². The number of hydrogen-bond acceptors (Lipinski definition) is 4. The minimum Gasteiger partial charge on any atom is -0.477 e. The van der Waals surface area contributed by atoms with Gasteiger partial charge in [-0.1, -0.05) is 13.8 Å². The summed E-state index contributed by atoms with van der Waals surface area (Å²) in [7, 11) is 0. The molecule has 0 radical (unpaired) electrons. The van der Waals surface area contributed by atoms with Gasteiger partial charge in [0, 0.05) is 6.54 Å². The van der Waals surface area contributed by atoms with Gasteiger partial charge in [0.2, 0.25) is 5.91 Å². The predicted molar refractivity (Wildman–Crippen MR) is 72.1 cm³/mol. The molecular weight excluding hydrogens is 246 g/mol. The van der Waals surface area contributed by atoms with E-state index in [9.17, 15) is 9.59 Å². The van der Waals surface area contributed by atoms with Crippen LogP contribution in [0.2, 0.25) is 0 Å². The maximum Gasteiger partial charge on any atom is 0.354 e. The van der Waals surface area contributed by atoms with Crippen molar-refractivity contribution in [2.24, 2.45) is 5.92 Å². The summed E-state index contributed by atoms with van der Waals surface area (Å²) in [5.41, 5.74) is 0.583. The van der Waals surface area contributed by atoms with Crippen LogP contribution in [0.3, 0.4) is 0 Å². The van der Waals surface area contributed by atoms with Gasteiger partial charge in [-0.2, -0.15) is 0 Å². The number of hydrogen-bond donors (Lipinski definition) is 3. The van der Waals surface area contributed by atoms with E-state index in [1.807, 2.05) is 13.8 Å². The molecule has 0 aliphatic carbocycles. The van der Waals surface area contributed by atoms with E-state index in [-0.39, 0.29) is 11.6 Å². The summed E-state index contributed by atoms with van der Waals surface area (Å²) in [6.45, 7) is 6.40. The fourth-order valence-corrected chi connectivity index (χ4v) is 1.38. The molecule has 0 spiro atoms. The molecule has 1 heterocycles. The maximum absolute atomic E-state index is 11.7. The normalized spacial score (nSPS) is 12.0. The van der Waals surface area contributed by atoms with Gasteiger partial charge in [-0.25, -0.2) is 9.78 Å². The molecule has 3 N–H and O–H groups in total. The van der Waals surface area contributed by atoms with Gasteiger partial charge in [0.1, 0.15) is 11.7 Å². The second-order valence-electron chi connectivity index (χ2n) is 4.74. The van der Waals surface area contributed by atoms with Crippen molar-refractivity contribution >= 4 is 17.6 Å². The van der Waals surface area contributed by atoms with Crippen molar-refractivity contribution in [3.8, 4) is 0 Å². The molecule has 1 aromatic heterocycles. The summed E-state index contributed by atoms with van der Waals surface area (Å²) in [6.07, 6.45) is 1.40. The first kappa shape index (κ1) is 14.9. The quantitative estimate of drug-likeness (QED) is 0.722. The molecule has 0 saturated carbocycles. The molecule has 1 amide bonds. The van der Waals surface area contributed by atoms with E-state index in [2.05, 4.69) is 15.6 Å². The van der Waals surface area contributed by atoms with E-state index in [1.54, 1.807) is 13.0 Å². The number of aromatic carboxylic acids is 1.